The molecule has 0 fully saturated rings. The fourth-order valence-electron chi connectivity index (χ4n) is 3.25. The summed E-state index contributed by atoms with van der Waals surface area (Å²) >= 11 is 7.21. The highest BCUT2D eigenvalue weighted by molar-refractivity contribution is 7.16. The molecule has 142 valence electrons. The summed E-state index contributed by atoms with van der Waals surface area (Å²) in [6.45, 7) is 1.61. The van der Waals surface area contributed by atoms with Crippen LogP contribution in [-0.2, 0) is 13.0 Å². The first-order chi connectivity index (χ1) is 13.6. The Balaban J connectivity index is 1.51. The van der Waals surface area contributed by atoms with Crippen molar-refractivity contribution >= 4 is 39.8 Å². The molecule has 2 aromatic heterocycles. The molecule has 0 bridgehead atoms. The molecule has 4 rings (SSSR count). The van der Waals surface area contributed by atoms with Crippen molar-refractivity contribution in [2.75, 3.05) is 6.54 Å². The Labute approximate surface area is 172 Å². The number of hydrogen-bond acceptors (Lipinski definition) is 3. The van der Waals surface area contributed by atoms with Crippen molar-refractivity contribution in [3.05, 3.63) is 87.9 Å². The number of nitrogens with one attached hydrogen (secondary N) is 1. The number of halogens is 1. The third kappa shape index (κ3) is 3.97. The maximum Gasteiger partial charge on any atom is 0.345 e. The Hall–Kier alpha value is -2.60. The Bertz CT molecular complexity index is 1120. The third-order valence-corrected chi connectivity index (χ3v) is 5.98. The van der Waals surface area contributed by atoms with Gasteiger partial charge in [-0.3, -0.25) is 0 Å². The first-order valence-corrected chi connectivity index (χ1v) is 10.2. The molecule has 4 nitrogen and oxygen atoms in total. The van der Waals surface area contributed by atoms with Gasteiger partial charge in [-0.25, -0.2) is 4.79 Å². The van der Waals surface area contributed by atoms with E-state index in [1.54, 1.807) is 6.07 Å². The maximum atomic E-state index is 11.2. The highest BCUT2D eigenvalue weighted by Crippen LogP contribution is 2.29. The summed E-state index contributed by atoms with van der Waals surface area (Å²) in [4.78, 5) is 11.6. The molecule has 0 aliphatic heterocycles. The molecule has 0 atom stereocenters. The molecule has 0 aliphatic carbocycles. The molecule has 0 aliphatic rings. The fourth-order valence-corrected chi connectivity index (χ4v) is 4.21. The van der Waals surface area contributed by atoms with E-state index in [1.165, 1.54) is 27.8 Å². The van der Waals surface area contributed by atoms with Gasteiger partial charge in [-0.1, -0.05) is 41.9 Å². The van der Waals surface area contributed by atoms with Crippen molar-refractivity contribution in [2.24, 2.45) is 0 Å². The number of thiophene rings is 1. The Morgan fingerprint density at radius 3 is 2.61 bits per heavy atom. The first-order valence-electron chi connectivity index (χ1n) is 8.99. The summed E-state index contributed by atoms with van der Waals surface area (Å²) < 4.78 is 2.07. The van der Waals surface area contributed by atoms with Crippen LogP contribution in [0.2, 0.25) is 5.02 Å². The standard InChI is InChI=1S/C22H19ClN2O2S/c23-17-7-5-15(6-8-17)11-12-24-13-16-14-25(19-4-2-1-3-18(16)19)21-10-9-20(28-21)22(26)27/h1-10,14,24H,11-13H2,(H,26,27). The molecule has 2 heterocycles. The second kappa shape index (κ2) is 8.19. The molecule has 0 saturated carbocycles. The smallest absolute Gasteiger partial charge is 0.345 e. The van der Waals surface area contributed by atoms with Crippen LogP contribution >= 0.6 is 22.9 Å². The zero-order chi connectivity index (χ0) is 19.5. The quantitative estimate of drug-likeness (QED) is 0.402. The zero-order valence-electron chi connectivity index (χ0n) is 15.1. The van der Waals surface area contributed by atoms with E-state index in [-0.39, 0.29) is 0 Å². The summed E-state index contributed by atoms with van der Waals surface area (Å²) in [6, 6.07) is 19.6. The summed E-state index contributed by atoms with van der Waals surface area (Å²) in [6.07, 6.45) is 3.03. The molecule has 0 radical (unpaired) electrons. The van der Waals surface area contributed by atoms with Gasteiger partial charge in [0.25, 0.3) is 0 Å². The van der Waals surface area contributed by atoms with Crippen LogP contribution in [0.3, 0.4) is 0 Å². The normalized spacial score (nSPS) is 11.2. The van der Waals surface area contributed by atoms with Gasteiger partial charge in [-0.05, 0) is 54.4 Å². The van der Waals surface area contributed by atoms with E-state index in [0.29, 0.717) is 4.88 Å². The summed E-state index contributed by atoms with van der Waals surface area (Å²) in [7, 11) is 0. The van der Waals surface area contributed by atoms with Gasteiger partial charge in [0.05, 0.1) is 5.52 Å². The second-order valence-corrected chi connectivity index (χ2v) is 8.04. The number of fused-ring (bicyclic) bond motifs is 1. The van der Waals surface area contributed by atoms with Crippen LogP contribution in [0, 0.1) is 0 Å². The SMILES string of the molecule is O=C(O)c1ccc(-n2cc(CNCCc3ccc(Cl)cc3)c3ccccc32)s1. The number of carbonyl (C=O) groups is 1. The van der Waals surface area contributed by atoms with Crippen LogP contribution in [-0.4, -0.2) is 22.2 Å². The molecule has 0 saturated heterocycles. The molecule has 28 heavy (non-hydrogen) atoms. The molecule has 6 heteroatoms. The number of benzene rings is 2. The number of hydrogen-bond donors (Lipinski definition) is 2. The first kappa shape index (κ1) is 18.7. The molecule has 0 amide bonds. The van der Waals surface area contributed by atoms with Gasteiger partial charge in [0.2, 0.25) is 0 Å². The lowest BCUT2D eigenvalue weighted by Crippen LogP contribution is -2.16. The van der Waals surface area contributed by atoms with E-state index in [2.05, 4.69) is 28.2 Å². The minimum absolute atomic E-state index is 0.343. The lowest BCUT2D eigenvalue weighted by Gasteiger charge is -2.04. The van der Waals surface area contributed by atoms with Crippen molar-refractivity contribution in [3.63, 3.8) is 0 Å². The lowest BCUT2D eigenvalue weighted by atomic mass is 10.1. The van der Waals surface area contributed by atoms with Crippen molar-refractivity contribution in [2.45, 2.75) is 13.0 Å². The van der Waals surface area contributed by atoms with E-state index in [1.807, 2.05) is 42.5 Å². The molecule has 2 aromatic carbocycles. The fraction of sp³-hybridized carbons (Fsp3) is 0.136. The van der Waals surface area contributed by atoms with Crippen molar-refractivity contribution in [1.82, 2.24) is 9.88 Å². The Kier molecular flexibility index (Phi) is 5.48. The monoisotopic (exact) mass is 410 g/mol. The van der Waals surface area contributed by atoms with Gasteiger partial charge in [-0.15, -0.1) is 11.3 Å². The predicted molar refractivity (Wildman–Crippen MR) is 115 cm³/mol. The molecule has 4 aromatic rings. The van der Waals surface area contributed by atoms with Crippen LogP contribution in [0.5, 0.6) is 0 Å². The van der Waals surface area contributed by atoms with Crippen LogP contribution in [0.25, 0.3) is 15.9 Å². The van der Waals surface area contributed by atoms with Crippen LogP contribution in [0.1, 0.15) is 20.8 Å². The molecule has 2 N–H and O–H groups in total. The number of para-hydroxylation sites is 1. The number of aromatic nitrogens is 1. The van der Waals surface area contributed by atoms with Crippen molar-refractivity contribution in [3.8, 4) is 5.00 Å². The van der Waals surface area contributed by atoms with E-state index < -0.39 is 5.97 Å². The number of carboxylic acid groups (broad SMARTS) is 1. The van der Waals surface area contributed by atoms with Gasteiger partial charge in [0, 0.05) is 23.2 Å². The van der Waals surface area contributed by atoms with Crippen LogP contribution in [0.4, 0.5) is 0 Å². The van der Waals surface area contributed by atoms with E-state index in [9.17, 15) is 9.90 Å². The van der Waals surface area contributed by atoms with Crippen molar-refractivity contribution in [1.29, 1.82) is 0 Å². The van der Waals surface area contributed by atoms with Gasteiger partial charge < -0.3 is 15.0 Å². The van der Waals surface area contributed by atoms with Gasteiger partial charge in [0.15, 0.2) is 0 Å². The van der Waals surface area contributed by atoms with Crippen molar-refractivity contribution < 1.29 is 9.90 Å². The van der Waals surface area contributed by atoms with Gasteiger partial charge in [-0.2, -0.15) is 0 Å². The second-order valence-electron chi connectivity index (χ2n) is 6.54. The predicted octanol–water partition coefficient (Wildman–Crippen LogP) is 5.38. The Morgan fingerprint density at radius 1 is 1.07 bits per heavy atom. The van der Waals surface area contributed by atoms with Crippen LogP contribution in [0.15, 0.2) is 66.9 Å². The number of carboxylic acids is 1. The largest absolute Gasteiger partial charge is 0.477 e. The van der Waals surface area contributed by atoms with Gasteiger partial charge >= 0.3 is 5.97 Å². The minimum Gasteiger partial charge on any atom is -0.477 e. The van der Waals surface area contributed by atoms with Gasteiger partial charge in [0.1, 0.15) is 9.88 Å². The number of rotatable bonds is 7. The third-order valence-electron chi connectivity index (χ3n) is 4.65. The lowest BCUT2D eigenvalue weighted by molar-refractivity contribution is 0.0702. The number of nitrogens with zero attached hydrogens (tertiary/aromatic N) is 1. The molecule has 0 unspecified atom stereocenters. The molecular weight excluding hydrogens is 392 g/mol. The summed E-state index contributed by atoms with van der Waals surface area (Å²) in [5.41, 5.74) is 3.52. The van der Waals surface area contributed by atoms with E-state index in [0.717, 1.165) is 35.1 Å². The zero-order valence-corrected chi connectivity index (χ0v) is 16.6. The summed E-state index contributed by atoms with van der Waals surface area (Å²) in [5.74, 6) is -0.892. The highest BCUT2D eigenvalue weighted by atomic mass is 35.5. The number of aromatic carboxylic acids is 1. The average molecular weight is 411 g/mol. The van der Waals surface area contributed by atoms with E-state index >= 15 is 0 Å². The topological polar surface area (TPSA) is 54.3 Å². The summed E-state index contributed by atoms with van der Waals surface area (Å²) in [5, 5.41) is 15.5. The Morgan fingerprint density at radius 2 is 1.86 bits per heavy atom. The van der Waals surface area contributed by atoms with Crippen LogP contribution < -0.4 is 5.32 Å². The molecular formula is C22H19ClN2O2S. The highest BCUT2D eigenvalue weighted by Gasteiger charge is 2.13. The maximum absolute atomic E-state index is 11.2. The average Bonchev–Trinajstić information content (AvgIpc) is 3.32. The molecule has 0 spiro atoms. The minimum atomic E-state index is -0.892. The van der Waals surface area contributed by atoms with E-state index in [4.69, 9.17) is 11.6 Å².